The lowest BCUT2D eigenvalue weighted by Gasteiger charge is -2.10. The van der Waals surface area contributed by atoms with Crippen molar-refractivity contribution in [1.29, 1.82) is 0 Å². The first-order chi connectivity index (χ1) is 9.08. The third-order valence-electron chi connectivity index (χ3n) is 2.46. The summed E-state index contributed by atoms with van der Waals surface area (Å²) >= 11 is 8.39. The topological polar surface area (TPSA) is 50.4 Å². The predicted octanol–water partition coefficient (Wildman–Crippen LogP) is 2.86. The summed E-state index contributed by atoms with van der Waals surface area (Å²) < 4.78 is 5.84. The Balaban J connectivity index is 2.58. The van der Waals surface area contributed by atoms with Crippen molar-refractivity contribution in [2.24, 2.45) is 0 Å². The van der Waals surface area contributed by atoms with Gasteiger partial charge in [0.15, 0.2) is 5.11 Å². The molecule has 1 aromatic rings. The second kappa shape index (κ2) is 8.12. The number of benzene rings is 1. The van der Waals surface area contributed by atoms with E-state index in [2.05, 4.69) is 33.5 Å². The highest BCUT2D eigenvalue weighted by Gasteiger charge is 2.10. The van der Waals surface area contributed by atoms with Gasteiger partial charge in [-0.2, -0.15) is 0 Å². The number of hydrogen-bond acceptors (Lipinski definition) is 3. The standard InChI is InChI=1S/C13H17BrN2O2S/c1-3-4-7-15-13(19)16-12(17)9-5-6-11(18-2)10(14)8-9/h5-6,8H,3-4,7H2,1-2H3,(H2,15,16,17,19). The Kier molecular flexibility index (Phi) is 6.80. The molecule has 0 saturated heterocycles. The van der Waals surface area contributed by atoms with E-state index >= 15 is 0 Å². The molecule has 6 heteroatoms. The number of rotatable bonds is 5. The molecule has 1 aromatic carbocycles. The van der Waals surface area contributed by atoms with Crippen LogP contribution in [0.2, 0.25) is 0 Å². The highest BCUT2D eigenvalue weighted by Crippen LogP contribution is 2.25. The van der Waals surface area contributed by atoms with Gasteiger partial charge < -0.3 is 10.1 Å². The second-order valence-corrected chi connectivity index (χ2v) is 5.18. The third-order valence-corrected chi connectivity index (χ3v) is 3.32. The summed E-state index contributed by atoms with van der Waals surface area (Å²) in [5, 5.41) is 5.98. The molecule has 1 rings (SSSR count). The van der Waals surface area contributed by atoms with Crippen LogP contribution in [0.5, 0.6) is 5.75 Å². The van der Waals surface area contributed by atoms with E-state index in [1.54, 1.807) is 25.3 Å². The van der Waals surface area contributed by atoms with Crippen molar-refractivity contribution in [3.05, 3.63) is 28.2 Å². The first-order valence-electron chi connectivity index (χ1n) is 6.01. The first kappa shape index (κ1) is 15.9. The number of unbranched alkanes of at least 4 members (excludes halogenated alkanes) is 1. The van der Waals surface area contributed by atoms with E-state index in [4.69, 9.17) is 17.0 Å². The fourth-order valence-corrected chi connectivity index (χ4v) is 2.14. The molecule has 0 heterocycles. The summed E-state index contributed by atoms with van der Waals surface area (Å²) in [6, 6.07) is 5.11. The smallest absolute Gasteiger partial charge is 0.257 e. The first-order valence-corrected chi connectivity index (χ1v) is 7.21. The highest BCUT2D eigenvalue weighted by molar-refractivity contribution is 9.10. The van der Waals surface area contributed by atoms with E-state index in [9.17, 15) is 4.79 Å². The molecule has 1 amide bonds. The molecule has 0 bridgehead atoms. The van der Waals surface area contributed by atoms with Crippen molar-refractivity contribution in [3.63, 3.8) is 0 Å². The van der Waals surface area contributed by atoms with Crippen LogP contribution in [0.15, 0.2) is 22.7 Å². The summed E-state index contributed by atoms with van der Waals surface area (Å²) in [5.41, 5.74) is 0.521. The monoisotopic (exact) mass is 344 g/mol. The number of ether oxygens (including phenoxy) is 1. The normalized spacial score (nSPS) is 9.84. The van der Waals surface area contributed by atoms with Gasteiger partial charge in [0.1, 0.15) is 5.75 Å². The van der Waals surface area contributed by atoms with Crippen LogP contribution in [0, 0.1) is 0 Å². The van der Waals surface area contributed by atoms with Crippen molar-refractivity contribution < 1.29 is 9.53 Å². The maximum absolute atomic E-state index is 11.9. The van der Waals surface area contributed by atoms with E-state index in [-0.39, 0.29) is 5.91 Å². The van der Waals surface area contributed by atoms with Gasteiger partial charge in [0.25, 0.3) is 5.91 Å². The maximum Gasteiger partial charge on any atom is 0.257 e. The van der Waals surface area contributed by atoms with Gasteiger partial charge >= 0.3 is 0 Å². The van der Waals surface area contributed by atoms with Crippen LogP contribution < -0.4 is 15.4 Å². The molecule has 19 heavy (non-hydrogen) atoms. The Hall–Kier alpha value is -1.14. The molecule has 0 radical (unpaired) electrons. The minimum Gasteiger partial charge on any atom is -0.496 e. The van der Waals surface area contributed by atoms with Crippen LogP contribution in [0.3, 0.4) is 0 Å². The zero-order chi connectivity index (χ0) is 14.3. The maximum atomic E-state index is 11.9. The van der Waals surface area contributed by atoms with Crippen LogP contribution >= 0.6 is 28.1 Å². The molecule has 4 nitrogen and oxygen atoms in total. The molecule has 0 atom stereocenters. The van der Waals surface area contributed by atoms with E-state index in [0.29, 0.717) is 16.4 Å². The van der Waals surface area contributed by atoms with Crippen molar-refractivity contribution in [2.75, 3.05) is 13.7 Å². The van der Waals surface area contributed by atoms with E-state index in [1.165, 1.54) is 0 Å². The Morgan fingerprint density at radius 1 is 1.47 bits per heavy atom. The van der Waals surface area contributed by atoms with Crippen molar-refractivity contribution >= 4 is 39.2 Å². The lowest BCUT2D eigenvalue weighted by Crippen LogP contribution is -2.39. The number of amides is 1. The summed E-state index contributed by atoms with van der Waals surface area (Å²) in [6.45, 7) is 2.86. The average Bonchev–Trinajstić information content (AvgIpc) is 2.38. The Morgan fingerprint density at radius 2 is 2.21 bits per heavy atom. The minimum atomic E-state index is -0.239. The Morgan fingerprint density at radius 3 is 2.79 bits per heavy atom. The number of methoxy groups -OCH3 is 1. The SMILES string of the molecule is CCCCNC(=S)NC(=O)c1ccc(OC)c(Br)c1. The second-order valence-electron chi connectivity index (χ2n) is 3.91. The van der Waals surface area contributed by atoms with E-state index in [1.807, 2.05) is 0 Å². The van der Waals surface area contributed by atoms with E-state index < -0.39 is 0 Å². The van der Waals surface area contributed by atoms with Crippen molar-refractivity contribution in [1.82, 2.24) is 10.6 Å². The van der Waals surface area contributed by atoms with Gasteiger partial charge in [0, 0.05) is 12.1 Å². The number of thiocarbonyl (C=S) groups is 1. The highest BCUT2D eigenvalue weighted by atomic mass is 79.9. The van der Waals surface area contributed by atoms with Crippen LogP contribution in [-0.4, -0.2) is 24.7 Å². The fourth-order valence-electron chi connectivity index (χ4n) is 1.41. The van der Waals surface area contributed by atoms with Gasteiger partial charge in [-0.3, -0.25) is 10.1 Å². The summed E-state index contributed by atoms with van der Waals surface area (Å²) in [6.07, 6.45) is 2.10. The molecule has 104 valence electrons. The van der Waals surface area contributed by atoms with Gasteiger partial charge in [-0.05, 0) is 52.8 Å². The molecule has 0 aliphatic heterocycles. The summed E-state index contributed by atoms with van der Waals surface area (Å²) in [4.78, 5) is 11.9. The zero-order valence-electron chi connectivity index (χ0n) is 11.0. The largest absolute Gasteiger partial charge is 0.496 e. The molecular weight excluding hydrogens is 328 g/mol. The van der Waals surface area contributed by atoms with Crippen LogP contribution in [0.25, 0.3) is 0 Å². The summed E-state index contributed by atoms with van der Waals surface area (Å²) in [5.74, 6) is 0.442. The Labute approximate surface area is 127 Å². The predicted molar refractivity (Wildman–Crippen MR) is 83.7 cm³/mol. The lowest BCUT2D eigenvalue weighted by molar-refractivity contribution is 0.0976. The third kappa shape index (κ3) is 5.16. The number of carbonyl (C=O) groups excluding carboxylic acids is 1. The van der Waals surface area contributed by atoms with Crippen LogP contribution in [-0.2, 0) is 0 Å². The molecule has 0 aliphatic carbocycles. The number of carbonyl (C=O) groups is 1. The van der Waals surface area contributed by atoms with Crippen molar-refractivity contribution in [2.45, 2.75) is 19.8 Å². The Bertz CT molecular complexity index is 466. The van der Waals surface area contributed by atoms with E-state index in [0.717, 1.165) is 23.9 Å². The molecule has 0 fully saturated rings. The fraction of sp³-hybridized carbons (Fsp3) is 0.385. The van der Waals surface area contributed by atoms with Gasteiger partial charge in [0.05, 0.1) is 11.6 Å². The number of nitrogens with one attached hydrogen (secondary N) is 2. The summed E-state index contributed by atoms with van der Waals surface area (Å²) in [7, 11) is 1.58. The van der Waals surface area contributed by atoms with Crippen LogP contribution in [0.4, 0.5) is 0 Å². The van der Waals surface area contributed by atoms with Gasteiger partial charge in [-0.25, -0.2) is 0 Å². The minimum absolute atomic E-state index is 0.239. The van der Waals surface area contributed by atoms with Gasteiger partial charge in [-0.15, -0.1) is 0 Å². The van der Waals surface area contributed by atoms with Gasteiger partial charge in [0.2, 0.25) is 0 Å². The van der Waals surface area contributed by atoms with Crippen molar-refractivity contribution in [3.8, 4) is 5.75 Å². The van der Waals surface area contributed by atoms with Gasteiger partial charge in [-0.1, -0.05) is 13.3 Å². The zero-order valence-corrected chi connectivity index (χ0v) is 13.4. The molecule has 0 saturated carbocycles. The molecule has 0 aromatic heterocycles. The number of hydrogen-bond donors (Lipinski definition) is 2. The van der Waals surface area contributed by atoms with Crippen LogP contribution in [0.1, 0.15) is 30.1 Å². The molecule has 0 aliphatic rings. The molecule has 2 N–H and O–H groups in total. The molecular formula is C13H17BrN2O2S. The lowest BCUT2D eigenvalue weighted by atomic mass is 10.2. The average molecular weight is 345 g/mol. The number of halogens is 1. The molecule has 0 unspecified atom stereocenters. The molecule has 0 spiro atoms. The quantitative estimate of drug-likeness (QED) is 0.637.